The summed E-state index contributed by atoms with van der Waals surface area (Å²) in [6.45, 7) is 3.20. The monoisotopic (exact) mass is 389 g/mol. The molecule has 2 N–H and O–H groups in total. The Morgan fingerprint density at radius 1 is 1.11 bits per heavy atom. The van der Waals surface area contributed by atoms with Crippen molar-refractivity contribution in [2.24, 2.45) is 10.4 Å². The first kappa shape index (κ1) is 21.5. The number of nitrogens with one attached hydrogen (secondary N) is 2. The predicted octanol–water partition coefficient (Wildman–Crippen LogP) is 3.90. The summed E-state index contributed by atoms with van der Waals surface area (Å²) in [6, 6.07) is 0.195. The van der Waals surface area contributed by atoms with E-state index in [0.29, 0.717) is 25.7 Å². The fourth-order valence-electron chi connectivity index (χ4n) is 3.49. The molecular formula is C19H27F4N3O. The molecule has 0 aliphatic heterocycles. The zero-order valence-corrected chi connectivity index (χ0v) is 15.8. The van der Waals surface area contributed by atoms with Crippen LogP contribution in [0.15, 0.2) is 11.1 Å². The van der Waals surface area contributed by atoms with E-state index in [1.54, 1.807) is 7.11 Å². The van der Waals surface area contributed by atoms with E-state index in [-0.39, 0.29) is 11.5 Å². The predicted molar refractivity (Wildman–Crippen MR) is 96.5 cm³/mol. The van der Waals surface area contributed by atoms with Crippen LogP contribution in [0.5, 0.6) is 0 Å². The van der Waals surface area contributed by atoms with E-state index in [0.717, 1.165) is 32.1 Å². The van der Waals surface area contributed by atoms with Gasteiger partial charge in [0.1, 0.15) is 0 Å². The van der Waals surface area contributed by atoms with Gasteiger partial charge in [-0.05, 0) is 31.6 Å². The van der Waals surface area contributed by atoms with Gasteiger partial charge in [-0.3, -0.25) is 0 Å². The van der Waals surface area contributed by atoms with Gasteiger partial charge in [0, 0.05) is 32.9 Å². The Morgan fingerprint density at radius 2 is 1.74 bits per heavy atom. The Bertz CT molecular complexity index is 635. The number of rotatable bonds is 8. The highest BCUT2D eigenvalue weighted by atomic mass is 19.2. The third-order valence-electron chi connectivity index (χ3n) is 5.07. The lowest BCUT2D eigenvalue weighted by molar-refractivity contribution is 0.138. The second-order valence-corrected chi connectivity index (χ2v) is 6.95. The smallest absolute Gasteiger partial charge is 0.191 e. The van der Waals surface area contributed by atoms with Crippen LogP contribution < -0.4 is 10.6 Å². The molecule has 0 amide bonds. The van der Waals surface area contributed by atoms with Crippen molar-refractivity contribution >= 4 is 5.96 Å². The van der Waals surface area contributed by atoms with Crippen LogP contribution in [0.3, 0.4) is 0 Å². The normalized spacial score (nSPS) is 16.6. The van der Waals surface area contributed by atoms with E-state index in [4.69, 9.17) is 4.74 Å². The van der Waals surface area contributed by atoms with Crippen LogP contribution in [-0.4, -0.2) is 32.8 Å². The number of guanidine groups is 1. The van der Waals surface area contributed by atoms with Crippen molar-refractivity contribution in [3.05, 3.63) is 34.9 Å². The fourth-order valence-corrected chi connectivity index (χ4v) is 3.49. The molecule has 0 atom stereocenters. The molecule has 1 aromatic rings. The maximum absolute atomic E-state index is 13.8. The average molecular weight is 389 g/mol. The lowest BCUT2D eigenvalue weighted by atomic mass is 9.83. The summed E-state index contributed by atoms with van der Waals surface area (Å²) >= 11 is 0. The fraction of sp³-hybridized carbons (Fsp3) is 0.632. The Kier molecular flexibility index (Phi) is 7.89. The van der Waals surface area contributed by atoms with Gasteiger partial charge >= 0.3 is 0 Å². The average Bonchev–Trinajstić information content (AvgIpc) is 3.12. The lowest BCUT2D eigenvalue weighted by Crippen LogP contribution is -2.43. The van der Waals surface area contributed by atoms with Crippen LogP contribution in [0.2, 0.25) is 0 Å². The number of nitrogens with zero attached hydrogens (tertiary/aromatic N) is 1. The molecule has 0 radical (unpaired) electrons. The van der Waals surface area contributed by atoms with Crippen molar-refractivity contribution in [3.63, 3.8) is 0 Å². The molecule has 0 aromatic heterocycles. The number of aliphatic imine (C=N–C) groups is 1. The van der Waals surface area contributed by atoms with Crippen molar-refractivity contribution < 1.29 is 22.3 Å². The second-order valence-electron chi connectivity index (χ2n) is 6.95. The second kappa shape index (κ2) is 9.92. The molecule has 0 spiro atoms. The first-order chi connectivity index (χ1) is 12.9. The van der Waals surface area contributed by atoms with Crippen molar-refractivity contribution in [2.45, 2.75) is 45.6 Å². The van der Waals surface area contributed by atoms with Gasteiger partial charge in [-0.1, -0.05) is 12.8 Å². The summed E-state index contributed by atoms with van der Waals surface area (Å²) in [5.41, 5.74) is -0.632. The van der Waals surface area contributed by atoms with Gasteiger partial charge in [0.25, 0.3) is 0 Å². The molecule has 1 aliphatic carbocycles. The zero-order valence-electron chi connectivity index (χ0n) is 15.8. The summed E-state index contributed by atoms with van der Waals surface area (Å²) in [5, 5.41) is 6.20. The Hall–Kier alpha value is -1.83. The van der Waals surface area contributed by atoms with Crippen LogP contribution >= 0.6 is 0 Å². The number of hydrogen-bond acceptors (Lipinski definition) is 2. The molecule has 0 bridgehead atoms. The van der Waals surface area contributed by atoms with Crippen LogP contribution in [-0.2, 0) is 11.3 Å². The maximum atomic E-state index is 13.8. The molecular weight excluding hydrogens is 362 g/mol. The topological polar surface area (TPSA) is 45.7 Å². The van der Waals surface area contributed by atoms with Gasteiger partial charge < -0.3 is 15.4 Å². The number of benzene rings is 1. The molecule has 2 rings (SSSR count). The summed E-state index contributed by atoms with van der Waals surface area (Å²) in [4.78, 5) is 4.11. The number of halogens is 4. The molecule has 0 saturated heterocycles. The van der Waals surface area contributed by atoms with Gasteiger partial charge in [-0.15, -0.1) is 0 Å². The highest BCUT2D eigenvalue weighted by molar-refractivity contribution is 5.79. The molecule has 0 unspecified atom stereocenters. The molecule has 1 aliphatic rings. The van der Waals surface area contributed by atoms with Gasteiger partial charge in [-0.25, -0.2) is 22.6 Å². The van der Waals surface area contributed by atoms with Gasteiger partial charge in [0.05, 0.1) is 12.1 Å². The lowest BCUT2D eigenvalue weighted by Gasteiger charge is -2.30. The third-order valence-corrected chi connectivity index (χ3v) is 5.07. The molecule has 152 valence electrons. The summed E-state index contributed by atoms with van der Waals surface area (Å²) < 4.78 is 59.5. The van der Waals surface area contributed by atoms with Crippen molar-refractivity contribution in [1.82, 2.24) is 10.6 Å². The van der Waals surface area contributed by atoms with Crippen molar-refractivity contribution in [2.75, 3.05) is 26.8 Å². The highest BCUT2D eigenvalue weighted by Gasteiger charge is 2.33. The summed E-state index contributed by atoms with van der Waals surface area (Å²) in [7, 11) is 1.67. The molecule has 1 aromatic carbocycles. The van der Waals surface area contributed by atoms with Crippen molar-refractivity contribution in [1.29, 1.82) is 0 Å². The van der Waals surface area contributed by atoms with Crippen LogP contribution in [0.1, 0.15) is 44.6 Å². The van der Waals surface area contributed by atoms with E-state index in [1.165, 1.54) is 0 Å². The minimum absolute atomic E-state index is 0.0909. The SMILES string of the molecule is CCNC(=NCc1c(F)c(F)cc(F)c1F)NCC1(CCOC)CCCC1. The Morgan fingerprint density at radius 3 is 2.30 bits per heavy atom. The first-order valence-electron chi connectivity index (χ1n) is 9.25. The number of ether oxygens (including phenoxy) is 1. The first-order valence-corrected chi connectivity index (χ1v) is 9.25. The highest BCUT2D eigenvalue weighted by Crippen LogP contribution is 2.40. The largest absolute Gasteiger partial charge is 0.385 e. The zero-order chi connectivity index (χ0) is 19.9. The number of hydrogen-bond donors (Lipinski definition) is 2. The van der Waals surface area contributed by atoms with Gasteiger partial charge in [0.2, 0.25) is 0 Å². The standard InChI is InChI=1S/C19H27F4N3O/c1-3-24-18(26-12-19(8-9-27-2)6-4-5-7-19)25-11-13-16(22)14(20)10-15(21)17(13)23/h10H,3-9,11-12H2,1-2H3,(H2,24,25,26). The molecule has 8 heteroatoms. The Labute approximate surface area is 157 Å². The van der Waals surface area contributed by atoms with E-state index in [2.05, 4.69) is 15.6 Å². The quantitative estimate of drug-likeness (QED) is 0.307. The minimum atomic E-state index is -1.43. The summed E-state index contributed by atoms with van der Waals surface area (Å²) in [5.74, 6) is -5.34. The van der Waals surface area contributed by atoms with Gasteiger partial charge in [-0.2, -0.15) is 0 Å². The Balaban J connectivity index is 2.11. The molecule has 0 heterocycles. The van der Waals surface area contributed by atoms with Gasteiger partial charge in [0.15, 0.2) is 29.2 Å². The number of methoxy groups -OCH3 is 1. The molecule has 1 saturated carbocycles. The minimum Gasteiger partial charge on any atom is -0.385 e. The van der Waals surface area contributed by atoms with E-state index >= 15 is 0 Å². The third kappa shape index (κ3) is 5.57. The van der Waals surface area contributed by atoms with Crippen LogP contribution in [0.4, 0.5) is 17.6 Å². The van der Waals surface area contributed by atoms with Crippen molar-refractivity contribution in [3.8, 4) is 0 Å². The van der Waals surface area contributed by atoms with E-state index in [1.807, 2.05) is 6.92 Å². The summed E-state index contributed by atoms with van der Waals surface area (Å²) in [6.07, 6.45) is 5.35. The van der Waals surface area contributed by atoms with E-state index < -0.39 is 35.4 Å². The molecule has 27 heavy (non-hydrogen) atoms. The molecule has 4 nitrogen and oxygen atoms in total. The molecule has 1 fully saturated rings. The van der Waals surface area contributed by atoms with Crippen LogP contribution in [0, 0.1) is 28.7 Å². The maximum Gasteiger partial charge on any atom is 0.191 e. The van der Waals surface area contributed by atoms with E-state index in [9.17, 15) is 17.6 Å². The van der Waals surface area contributed by atoms with Crippen LogP contribution in [0.25, 0.3) is 0 Å².